The molecule has 1 heterocycles. The van der Waals surface area contributed by atoms with Gasteiger partial charge in [-0.3, -0.25) is 9.59 Å². The molecule has 2 atom stereocenters. The number of benzene rings is 1. The van der Waals surface area contributed by atoms with Crippen molar-refractivity contribution in [2.45, 2.75) is 37.4 Å². The van der Waals surface area contributed by atoms with Crippen LogP contribution in [0.2, 0.25) is 0 Å². The molecule has 1 saturated heterocycles. The Morgan fingerprint density at radius 1 is 1.22 bits per heavy atom. The molecule has 1 aliphatic carbocycles. The van der Waals surface area contributed by atoms with E-state index in [-0.39, 0.29) is 11.9 Å². The number of alkyl halides is 3. The van der Waals surface area contributed by atoms with E-state index in [1.54, 1.807) is 4.90 Å². The predicted molar refractivity (Wildman–Crippen MR) is 76.2 cm³/mol. The number of carbonyl (C=O) groups is 2. The van der Waals surface area contributed by atoms with E-state index in [1.165, 1.54) is 12.1 Å². The maximum atomic E-state index is 12.9. The van der Waals surface area contributed by atoms with Crippen molar-refractivity contribution < 1.29 is 22.8 Å². The van der Waals surface area contributed by atoms with Crippen LogP contribution in [-0.4, -0.2) is 29.3 Å². The smallest absolute Gasteiger partial charge is 0.369 e. The van der Waals surface area contributed by atoms with Gasteiger partial charge in [0, 0.05) is 18.5 Å². The predicted octanol–water partition coefficient (Wildman–Crippen LogP) is 2.29. The van der Waals surface area contributed by atoms with Crippen LogP contribution in [0.3, 0.4) is 0 Å². The molecule has 1 aliphatic heterocycles. The standard InChI is InChI=1S/C16H17F3N2O2/c17-16(18,19)10-3-1-2-9(8-10)12-6-7-21(11-4-5-11)15(23)13(12)14(20)22/h1-3,8,11-13H,4-7H2,(H2,20,22). The van der Waals surface area contributed by atoms with Crippen LogP contribution in [0, 0.1) is 5.92 Å². The minimum Gasteiger partial charge on any atom is -0.369 e. The summed E-state index contributed by atoms with van der Waals surface area (Å²) < 4.78 is 38.6. The van der Waals surface area contributed by atoms with Crippen molar-refractivity contribution >= 4 is 11.8 Å². The number of primary amides is 1. The molecule has 2 amide bonds. The van der Waals surface area contributed by atoms with E-state index in [9.17, 15) is 22.8 Å². The minimum atomic E-state index is -4.46. The number of amides is 2. The van der Waals surface area contributed by atoms with Gasteiger partial charge in [-0.1, -0.05) is 18.2 Å². The van der Waals surface area contributed by atoms with Gasteiger partial charge in [0.15, 0.2) is 0 Å². The lowest BCUT2D eigenvalue weighted by molar-refractivity contribution is -0.145. The molecule has 0 aromatic heterocycles. The molecule has 1 saturated carbocycles. The molecular weight excluding hydrogens is 309 g/mol. The molecule has 0 spiro atoms. The molecule has 2 fully saturated rings. The second kappa shape index (κ2) is 5.54. The van der Waals surface area contributed by atoms with Gasteiger partial charge in [0.1, 0.15) is 5.92 Å². The van der Waals surface area contributed by atoms with Gasteiger partial charge in [-0.25, -0.2) is 0 Å². The molecule has 2 aliphatic rings. The normalized spacial score (nSPS) is 25.5. The summed E-state index contributed by atoms with van der Waals surface area (Å²) in [6.45, 7) is 0.453. The van der Waals surface area contributed by atoms with Crippen LogP contribution < -0.4 is 5.73 Å². The molecule has 1 aromatic rings. The van der Waals surface area contributed by atoms with E-state index in [0.29, 0.717) is 18.5 Å². The summed E-state index contributed by atoms with van der Waals surface area (Å²) in [6, 6.07) is 4.97. The SMILES string of the molecule is NC(=O)C1C(=O)N(C2CC2)CCC1c1cccc(C(F)(F)F)c1. The van der Waals surface area contributed by atoms with E-state index < -0.39 is 29.5 Å². The molecule has 23 heavy (non-hydrogen) atoms. The van der Waals surface area contributed by atoms with Crippen molar-refractivity contribution in [3.63, 3.8) is 0 Å². The maximum Gasteiger partial charge on any atom is 0.416 e. The summed E-state index contributed by atoms with van der Waals surface area (Å²) >= 11 is 0. The molecular formula is C16H17F3N2O2. The van der Waals surface area contributed by atoms with E-state index in [4.69, 9.17) is 5.73 Å². The number of carbonyl (C=O) groups excluding carboxylic acids is 2. The van der Waals surface area contributed by atoms with Gasteiger partial charge in [-0.05, 0) is 30.9 Å². The average Bonchev–Trinajstić information content (AvgIpc) is 3.30. The monoisotopic (exact) mass is 326 g/mol. The topological polar surface area (TPSA) is 63.4 Å². The highest BCUT2D eigenvalue weighted by molar-refractivity contribution is 6.01. The fourth-order valence-corrected chi connectivity index (χ4v) is 3.28. The van der Waals surface area contributed by atoms with Crippen LogP contribution >= 0.6 is 0 Å². The third kappa shape index (κ3) is 3.04. The first-order chi connectivity index (χ1) is 10.8. The van der Waals surface area contributed by atoms with Gasteiger partial charge in [-0.2, -0.15) is 13.2 Å². The Labute approximate surface area is 131 Å². The van der Waals surface area contributed by atoms with Gasteiger partial charge in [0.05, 0.1) is 5.56 Å². The van der Waals surface area contributed by atoms with E-state index in [2.05, 4.69) is 0 Å². The number of rotatable bonds is 3. The maximum absolute atomic E-state index is 12.9. The number of piperidine rings is 1. The third-order valence-corrected chi connectivity index (χ3v) is 4.57. The highest BCUT2D eigenvalue weighted by Crippen LogP contribution is 2.40. The number of halogens is 3. The van der Waals surface area contributed by atoms with Crippen LogP contribution in [0.5, 0.6) is 0 Å². The zero-order valence-corrected chi connectivity index (χ0v) is 12.3. The lowest BCUT2D eigenvalue weighted by Crippen LogP contribution is -2.50. The Hall–Kier alpha value is -2.05. The van der Waals surface area contributed by atoms with Crippen molar-refractivity contribution in [1.29, 1.82) is 0 Å². The third-order valence-electron chi connectivity index (χ3n) is 4.57. The number of hydrogen-bond donors (Lipinski definition) is 1. The number of nitrogens with two attached hydrogens (primary N) is 1. The fourth-order valence-electron chi connectivity index (χ4n) is 3.28. The van der Waals surface area contributed by atoms with Crippen LogP contribution in [0.15, 0.2) is 24.3 Å². The molecule has 1 aromatic carbocycles. The van der Waals surface area contributed by atoms with Crippen molar-refractivity contribution in [1.82, 2.24) is 4.90 Å². The Morgan fingerprint density at radius 2 is 1.91 bits per heavy atom. The molecule has 0 bridgehead atoms. The molecule has 2 unspecified atom stereocenters. The Balaban J connectivity index is 1.92. The van der Waals surface area contributed by atoms with E-state index in [0.717, 1.165) is 25.0 Å². The number of hydrogen-bond acceptors (Lipinski definition) is 2. The summed E-state index contributed by atoms with van der Waals surface area (Å²) in [5.41, 5.74) is 4.94. The number of likely N-dealkylation sites (tertiary alicyclic amines) is 1. The lowest BCUT2D eigenvalue weighted by atomic mass is 9.79. The van der Waals surface area contributed by atoms with Gasteiger partial charge in [-0.15, -0.1) is 0 Å². The Morgan fingerprint density at radius 3 is 2.48 bits per heavy atom. The average molecular weight is 326 g/mol. The summed E-state index contributed by atoms with van der Waals surface area (Å²) in [5, 5.41) is 0. The van der Waals surface area contributed by atoms with Gasteiger partial charge in [0.25, 0.3) is 0 Å². The first-order valence-electron chi connectivity index (χ1n) is 7.56. The molecule has 0 radical (unpaired) electrons. The van der Waals surface area contributed by atoms with Crippen LogP contribution in [0.1, 0.15) is 36.3 Å². The van der Waals surface area contributed by atoms with Crippen molar-refractivity contribution in [2.24, 2.45) is 11.7 Å². The summed E-state index contributed by atoms with van der Waals surface area (Å²) in [4.78, 5) is 25.9. The first-order valence-corrected chi connectivity index (χ1v) is 7.56. The molecule has 2 N–H and O–H groups in total. The van der Waals surface area contributed by atoms with Crippen molar-refractivity contribution in [3.05, 3.63) is 35.4 Å². The van der Waals surface area contributed by atoms with Gasteiger partial charge < -0.3 is 10.6 Å². The van der Waals surface area contributed by atoms with Crippen LogP contribution in [0.25, 0.3) is 0 Å². The second-order valence-electron chi connectivity index (χ2n) is 6.16. The quantitative estimate of drug-likeness (QED) is 0.866. The number of nitrogens with zero attached hydrogens (tertiary/aromatic N) is 1. The van der Waals surface area contributed by atoms with Gasteiger partial charge >= 0.3 is 6.18 Å². The Kier molecular flexibility index (Phi) is 3.82. The molecule has 7 heteroatoms. The van der Waals surface area contributed by atoms with Gasteiger partial charge in [0.2, 0.25) is 11.8 Å². The van der Waals surface area contributed by atoms with E-state index >= 15 is 0 Å². The van der Waals surface area contributed by atoms with E-state index in [1.807, 2.05) is 0 Å². The second-order valence-corrected chi connectivity index (χ2v) is 6.16. The molecule has 4 nitrogen and oxygen atoms in total. The highest BCUT2D eigenvalue weighted by Gasteiger charge is 2.45. The summed E-state index contributed by atoms with van der Waals surface area (Å²) in [5.74, 6) is -2.82. The largest absolute Gasteiger partial charge is 0.416 e. The van der Waals surface area contributed by atoms with Crippen LogP contribution in [-0.2, 0) is 15.8 Å². The Bertz CT molecular complexity index is 640. The zero-order valence-electron chi connectivity index (χ0n) is 12.3. The highest BCUT2D eigenvalue weighted by atomic mass is 19.4. The summed E-state index contributed by atoms with van der Waals surface area (Å²) in [7, 11) is 0. The van der Waals surface area contributed by atoms with Crippen molar-refractivity contribution in [3.8, 4) is 0 Å². The lowest BCUT2D eigenvalue weighted by Gasteiger charge is -2.37. The first kappa shape index (κ1) is 15.8. The minimum absolute atomic E-state index is 0.159. The fraction of sp³-hybridized carbons (Fsp3) is 0.500. The molecule has 124 valence electrons. The summed E-state index contributed by atoms with van der Waals surface area (Å²) in [6.07, 6.45) is -2.20. The zero-order chi connectivity index (χ0) is 16.8. The molecule has 3 rings (SSSR count). The van der Waals surface area contributed by atoms with Crippen molar-refractivity contribution in [2.75, 3.05) is 6.54 Å². The van der Waals surface area contributed by atoms with Crippen LogP contribution in [0.4, 0.5) is 13.2 Å².